The van der Waals surface area contributed by atoms with Crippen molar-refractivity contribution in [3.63, 3.8) is 0 Å². The summed E-state index contributed by atoms with van der Waals surface area (Å²) in [5.74, 6) is -1.22. The largest absolute Gasteiger partial charge is 0.325 e. The van der Waals surface area contributed by atoms with Gasteiger partial charge in [0.1, 0.15) is 11.2 Å². The number of halogens is 1. The van der Waals surface area contributed by atoms with Gasteiger partial charge >= 0.3 is 0 Å². The zero-order valence-corrected chi connectivity index (χ0v) is 15.7. The van der Waals surface area contributed by atoms with Gasteiger partial charge in [-0.3, -0.25) is 9.59 Å². The summed E-state index contributed by atoms with van der Waals surface area (Å²) in [5, 5.41) is 5.60. The summed E-state index contributed by atoms with van der Waals surface area (Å²) in [6, 6.07) is 11.4. The van der Waals surface area contributed by atoms with Gasteiger partial charge in [0.2, 0.25) is 11.8 Å². The molecule has 0 aliphatic carbocycles. The molecule has 4 nitrogen and oxygen atoms in total. The molecule has 2 aromatic carbocycles. The van der Waals surface area contributed by atoms with Gasteiger partial charge < -0.3 is 10.6 Å². The molecule has 138 valence electrons. The van der Waals surface area contributed by atoms with Crippen LogP contribution in [0.25, 0.3) is 0 Å². The third-order valence-electron chi connectivity index (χ3n) is 4.47. The highest BCUT2D eigenvalue weighted by atomic mass is 19.1. The Labute approximate surface area is 153 Å². The van der Waals surface area contributed by atoms with E-state index in [1.54, 1.807) is 13.8 Å². The molecule has 26 heavy (non-hydrogen) atoms. The molecule has 0 heterocycles. The lowest BCUT2D eigenvalue weighted by molar-refractivity contribution is -0.135. The molecule has 0 aliphatic heterocycles. The minimum absolute atomic E-state index is 0.382. The first-order valence-corrected chi connectivity index (χ1v) is 8.78. The third kappa shape index (κ3) is 4.28. The molecule has 0 fully saturated rings. The average molecular weight is 356 g/mol. The van der Waals surface area contributed by atoms with Crippen molar-refractivity contribution in [3.05, 3.63) is 59.4 Å². The van der Waals surface area contributed by atoms with Gasteiger partial charge in [-0.1, -0.05) is 32.0 Å². The van der Waals surface area contributed by atoms with Gasteiger partial charge in [0.15, 0.2) is 0 Å². The zero-order chi connectivity index (χ0) is 19.3. The van der Waals surface area contributed by atoms with E-state index in [1.165, 1.54) is 24.3 Å². The topological polar surface area (TPSA) is 58.2 Å². The van der Waals surface area contributed by atoms with Gasteiger partial charge in [-0.2, -0.15) is 0 Å². The number of anilines is 2. The predicted molar refractivity (Wildman–Crippen MR) is 103 cm³/mol. The van der Waals surface area contributed by atoms with Crippen LogP contribution in [0.3, 0.4) is 0 Å². The van der Waals surface area contributed by atoms with E-state index < -0.39 is 11.3 Å². The first-order chi connectivity index (χ1) is 12.3. The van der Waals surface area contributed by atoms with E-state index >= 15 is 0 Å². The molecule has 5 heteroatoms. The Balaban J connectivity index is 2.19. The number of carbonyl (C=O) groups is 2. The smallest absolute Gasteiger partial charge is 0.239 e. The lowest BCUT2D eigenvalue weighted by Crippen LogP contribution is -2.42. The molecule has 2 aromatic rings. The molecule has 0 bridgehead atoms. The monoisotopic (exact) mass is 356 g/mol. The number of carbonyl (C=O) groups excluding carboxylic acids is 2. The Morgan fingerprint density at radius 1 is 0.885 bits per heavy atom. The van der Waals surface area contributed by atoms with E-state index in [0.717, 1.165) is 29.7 Å². The number of nitrogens with one attached hydrogen (secondary N) is 2. The average Bonchev–Trinajstić information content (AvgIpc) is 2.63. The zero-order valence-electron chi connectivity index (χ0n) is 15.7. The first-order valence-electron chi connectivity index (χ1n) is 8.78. The molecule has 0 saturated heterocycles. The van der Waals surface area contributed by atoms with Gasteiger partial charge in [0.25, 0.3) is 0 Å². The second-order valence-corrected chi connectivity index (χ2v) is 6.70. The lowest BCUT2D eigenvalue weighted by Gasteiger charge is -2.24. The van der Waals surface area contributed by atoms with E-state index in [0.29, 0.717) is 5.69 Å². The van der Waals surface area contributed by atoms with Crippen LogP contribution in [0.5, 0.6) is 0 Å². The van der Waals surface area contributed by atoms with Crippen LogP contribution in [-0.2, 0) is 22.4 Å². The minimum atomic E-state index is -1.29. The third-order valence-corrected chi connectivity index (χ3v) is 4.47. The quantitative estimate of drug-likeness (QED) is 0.746. The molecule has 2 rings (SSSR count). The van der Waals surface area contributed by atoms with Crippen molar-refractivity contribution in [2.24, 2.45) is 5.41 Å². The predicted octanol–water partition coefficient (Wildman–Crippen LogP) is 4.55. The van der Waals surface area contributed by atoms with Crippen LogP contribution in [0, 0.1) is 11.2 Å². The number of aryl methyl sites for hydroxylation is 2. The van der Waals surface area contributed by atoms with Crippen molar-refractivity contribution < 1.29 is 14.0 Å². The maximum Gasteiger partial charge on any atom is 0.239 e. The number of hydrogen-bond donors (Lipinski definition) is 2. The molecule has 0 unspecified atom stereocenters. The van der Waals surface area contributed by atoms with Gasteiger partial charge in [-0.25, -0.2) is 4.39 Å². The van der Waals surface area contributed by atoms with E-state index in [-0.39, 0.29) is 11.7 Å². The molecular formula is C21H25FN2O2. The molecule has 0 aromatic heterocycles. The fourth-order valence-electron chi connectivity index (χ4n) is 2.60. The van der Waals surface area contributed by atoms with Crippen molar-refractivity contribution in [2.75, 3.05) is 10.6 Å². The molecule has 2 amide bonds. The van der Waals surface area contributed by atoms with Crippen molar-refractivity contribution in [1.29, 1.82) is 0 Å². The van der Waals surface area contributed by atoms with Crippen LogP contribution in [0.2, 0.25) is 0 Å². The summed E-state index contributed by atoms with van der Waals surface area (Å²) < 4.78 is 13.0. The minimum Gasteiger partial charge on any atom is -0.325 e. The fraction of sp³-hybridized carbons (Fsp3) is 0.333. The molecule has 0 spiro atoms. The molecular weight excluding hydrogens is 331 g/mol. The normalized spacial score (nSPS) is 11.1. The van der Waals surface area contributed by atoms with Crippen LogP contribution in [0.4, 0.5) is 15.8 Å². The van der Waals surface area contributed by atoms with Gasteiger partial charge in [-0.15, -0.1) is 0 Å². The second kappa shape index (κ2) is 8.13. The lowest BCUT2D eigenvalue weighted by atomic mass is 9.90. The van der Waals surface area contributed by atoms with Gasteiger partial charge in [0.05, 0.1) is 0 Å². The van der Waals surface area contributed by atoms with Crippen molar-refractivity contribution in [1.82, 2.24) is 0 Å². The van der Waals surface area contributed by atoms with E-state index in [1.807, 2.05) is 32.0 Å². The van der Waals surface area contributed by atoms with Crippen molar-refractivity contribution in [3.8, 4) is 0 Å². The number of para-hydroxylation sites is 1. The summed E-state index contributed by atoms with van der Waals surface area (Å²) in [6.45, 7) is 7.19. The Bertz CT molecular complexity index is 776. The maximum atomic E-state index is 13.0. The van der Waals surface area contributed by atoms with Crippen LogP contribution in [0.15, 0.2) is 42.5 Å². The number of benzene rings is 2. The van der Waals surface area contributed by atoms with E-state index in [4.69, 9.17) is 0 Å². The maximum absolute atomic E-state index is 13.0. The van der Waals surface area contributed by atoms with Crippen molar-refractivity contribution in [2.45, 2.75) is 40.5 Å². The molecule has 0 atom stereocenters. The molecule has 2 N–H and O–H groups in total. The van der Waals surface area contributed by atoms with Crippen molar-refractivity contribution >= 4 is 23.2 Å². The van der Waals surface area contributed by atoms with Crippen LogP contribution in [0.1, 0.15) is 38.8 Å². The van der Waals surface area contributed by atoms with E-state index in [2.05, 4.69) is 10.6 Å². The second-order valence-electron chi connectivity index (χ2n) is 6.70. The van der Waals surface area contributed by atoms with Crippen LogP contribution in [-0.4, -0.2) is 11.8 Å². The number of rotatable bonds is 6. The number of amides is 2. The summed E-state index contributed by atoms with van der Waals surface area (Å²) >= 11 is 0. The first kappa shape index (κ1) is 19.6. The Kier molecular flexibility index (Phi) is 6.14. The molecule has 0 saturated carbocycles. The molecule has 0 aliphatic rings. The summed E-state index contributed by atoms with van der Waals surface area (Å²) in [6.07, 6.45) is 1.57. The standard InChI is InChI=1S/C21H25FN2O2/c1-5-14-8-7-9-15(6-2)18(14)24-20(26)21(3,4)19(25)23-17-12-10-16(22)11-13-17/h7-13H,5-6H2,1-4H3,(H,23,25)(H,24,26). The SMILES string of the molecule is CCc1cccc(CC)c1NC(=O)C(C)(C)C(=O)Nc1ccc(F)cc1. The highest BCUT2D eigenvalue weighted by Gasteiger charge is 2.36. The fourth-order valence-corrected chi connectivity index (χ4v) is 2.60. The number of hydrogen-bond acceptors (Lipinski definition) is 2. The summed E-state index contributed by atoms with van der Waals surface area (Å²) in [5.41, 5.74) is 2.01. The summed E-state index contributed by atoms with van der Waals surface area (Å²) in [7, 11) is 0. The Morgan fingerprint density at radius 3 is 1.88 bits per heavy atom. The highest BCUT2D eigenvalue weighted by molar-refractivity contribution is 6.14. The Hall–Kier alpha value is -2.69. The Morgan fingerprint density at radius 2 is 1.38 bits per heavy atom. The van der Waals surface area contributed by atoms with Gasteiger partial charge in [-0.05, 0) is 62.1 Å². The highest BCUT2D eigenvalue weighted by Crippen LogP contribution is 2.27. The van der Waals surface area contributed by atoms with Crippen LogP contribution >= 0.6 is 0 Å². The van der Waals surface area contributed by atoms with Gasteiger partial charge in [0, 0.05) is 11.4 Å². The van der Waals surface area contributed by atoms with E-state index in [9.17, 15) is 14.0 Å². The summed E-state index contributed by atoms with van der Waals surface area (Å²) in [4.78, 5) is 25.4. The molecule has 0 radical (unpaired) electrons. The van der Waals surface area contributed by atoms with Crippen LogP contribution < -0.4 is 10.6 Å².